The molecule has 19 heavy (non-hydrogen) atoms. The fourth-order valence-corrected chi connectivity index (χ4v) is 2.74. The first kappa shape index (κ1) is 13.9. The zero-order chi connectivity index (χ0) is 13.9. The fraction of sp³-hybridized carbons (Fsp3) is 0.562. The van der Waals surface area contributed by atoms with Gasteiger partial charge in [-0.05, 0) is 44.7 Å². The number of hydrogen-bond donors (Lipinski definition) is 2. The van der Waals surface area contributed by atoms with Gasteiger partial charge in [0.05, 0.1) is 0 Å². The SMILES string of the molecule is CCCC(C)(C)NC(=O)C1CCc2ccccc2N1. The summed E-state index contributed by atoms with van der Waals surface area (Å²) in [6, 6.07) is 8.12. The van der Waals surface area contributed by atoms with Crippen LogP contribution in [0.2, 0.25) is 0 Å². The fourth-order valence-electron chi connectivity index (χ4n) is 2.74. The topological polar surface area (TPSA) is 41.1 Å². The summed E-state index contributed by atoms with van der Waals surface area (Å²) in [7, 11) is 0. The van der Waals surface area contributed by atoms with E-state index in [1.54, 1.807) is 0 Å². The van der Waals surface area contributed by atoms with Crippen LogP contribution >= 0.6 is 0 Å². The van der Waals surface area contributed by atoms with Crippen molar-refractivity contribution in [3.05, 3.63) is 29.8 Å². The average Bonchev–Trinajstić information content (AvgIpc) is 2.37. The summed E-state index contributed by atoms with van der Waals surface area (Å²) in [4.78, 5) is 12.3. The Morgan fingerprint density at radius 2 is 2.16 bits per heavy atom. The number of carbonyl (C=O) groups excluding carboxylic acids is 1. The number of hydrogen-bond acceptors (Lipinski definition) is 2. The predicted molar refractivity (Wildman–Crippen MR) is 79.3 cm³/mol. The highest BCUT2D eigenvalue weighted by Gasteiger charge is 2.27. The average molecular weight is 260 g/mol. The highest BCUT2D eigenvalue weighted by atomic mass is 16.2. The van der Waals surface area contributed by atoms with Crippen molar-refractivity contribution >= 4 is 11.6 Å². The van der Waals surface area contributed by atoms with Crippen LogP contribution < -0.4 is 10.6 Å². The minimum absolute atomic E-state index is 0.106. The second-order valence-electron chi connectivity index (χ2n) is 6.02. The minimum atomic E-state index is -0.121. The van der Waals surface area contributed by atoms with E-state index in [-0.39, 0.29) is 17.5 Å². The molecule has 0 saturated carbocycles. The smallest absolute Gasteiger partial charge is 0.242 e. The Morgan fingerprint density at radius 1 is 1.42 bits per heavy atom. The maximum absolute atomic E-state index is 12.3. The predicted octanol–water partition coefficient (Wildman–Crippen LogP) is 3.11. The van der Waals surface area contributed by atoms with Crippen LogP contribution in [0, 0.1) is 0 Å². The third kappa shape index (κ3) is 3.49. The van der Waals surface area contributed by atoms with E-state index in [0.717, 1.165) is 31.4 Å². The van der Waals surface area contributed by atoms with Crippen molar-refractivity contribution in [2.75, 3.05) is 5.32 Å². The number of nitrogens with one attached hydrogen (secondary N) is 2. The number of rotatable bonds is 4. The maximum Gasteiger partial charge on any atom is 0.242 e. The summed E-state index contributed by atoms with van der Waals surface area (Å²) < 4.78 is 0. The number of aryl methyl sites for hydroxylation is 1. The van der Waals surface area contributed by atoms with Gasteiger partial charge in [0.1, 0.15) is 6.04 Å². The minimum Gasteiger partial charge on any atom is -0.373 e. The van der Waals surface area contributed by atoms with Crippen LogP contribution in [0.4, 0.5) is 5.69 Å². The summed E-state index contributed by atoms with van der Waals surface area (Å²) in [5.41, 5.74) is 2.28. The van der Waals surface area contributed by atoms with Gasteiger partial charge in [-0.2, -0.15) is 0 Å². The van der Waals surface area contributed by atoms with Gasteiger partial charge in [0, 0.05) is 11.2 Å². The lowest BCUT2D eigenvalue weighted by Gasteiger charge is -2.31. The van der Waals surface area contributed by atoms with Crippen molar-refractivity contribution in [1.82, 2.24) is 5.32 Å². The molecule has 0 fully saturated rings. The lowest BCUT2D eigenvalue weighted by molar-refractivity contribution is -0.123. The van der Waals surface area contributed by atoms with Crippen LogP contribution in [0.25, 0.3) is 0 Å². The van der Waals surface area contributed by atoms with Crippen molar-refractivity contribution in [1.29, 1.82) is 0 Å². The van der Waals surface area contributed by atoms with E-state index in [4.69, 9.17) is 0 Å². The Bertz CT molecular complexity index is 454. The van der Waals surface area contributed by atoms with Gasteiger partial charge < -0.3 is 10.6 Å². The molecule has 2 N–H and O–H groups in total. The van der Waals surface area contributed by atoms with E-state index in [1.165, 1.54) is 5.56 Å². The Balaban J connectivity index is 1.99. The highest BCUT2D eigenvalue weighted by molar-refractivity contribution is 5.86. The number of anilines is 1. The summed E-state index contributed by atoms with van der Waals surface area (Å²) >= 11 is 0. The first-order chi connectivity index (χ1) is 9.02. The van der Waals surface area contributed by atoms with E-state index in [9.17, 15) is 4.79 Å². The lowest BCUT2D eigenvalue weighted by atomic mass is 9.95. The molecule has 1 aromatic rings. The monoisotopic (exact) mass is 260 g/mol. The third-order valence-electron chi connectivity index (χ3n) is 3.70. The van der Waals surface area contributed by atoms with Crippen molar-refractivity contribution < 1.29 is 4.79 Å². The van der Waals surface area contributed by atoms with Crippen molar-refractivity contribution in [2.24, 2.45) is 0 Å². The van der Waals surface area contributed by atoms with Gasteiger partial charge in [-0.3, -0.25) is 4.79 Å². The maximum atomic E-state index is 12.3. The molecule has 1 aliphatic heterocycles. The highest BCUT2D eigenvalue weighted by Crippen LogP contribution is 2.24. The van der Waals surface area contributed by atoms with Gasteiger partial charge in [0.25, 0.3) is 0 Å². The lowest BCUT2D eigenvalue weighted by Crippen LogP contribution is -2.50. The molecule has 0 saturated heterocycles. The zero-order valence-corrected chi connectivity index (χ0v) is 12.1. The molecule has 1 amide bonds. The normalized spacial score (nSPS) is 18.4. The Labute approximate surface area is 115 Å². The Morgan fingerprint density at radius 3 is 2.89 bits per heavy atom. The van der Waals surface area contributed by atoms with Gasteiger partial charge in [-0.25, -0.2) is 0 Å². The Hall–Kier alpha value is -1.51. The van der Waals surface area contributed by atoms with E-state index < -0.39 is 0 Å². The third-order valence-corrected chi connectivity index (χ3v) is 3.70. The van der Waals surface area contributed by atoms with Crippen LogP contribution in [0.5, 0.6) is 0 Å². The quantitative estimate of drug-likeness (QED) is 0.873. The first-order valence-corrected chi connectivity index (χ1v) is 7.18. The van der Waals surface area contributed by atoms with E-state index in [2.05, 4.69) is 37.5 Å². The number of fused-ring (bicyclic) bond motifs is 1. The Kier molecular flexibility index (Phi) is 4.13. The molecule has 0 radical (unpaired) electrons. The van der Waals surface area contributed by atoms with Gasteiger partial charge >= 0.3 is 0 Å². The molecule has 1 unspecified atom stereocenters. The van der Waals surface area contributed by atoms with Gasteiger partial charge in [-0.15, -0.1) is 0 Å². The largest absolute Gasteiger partial charge is 0.373 e. The van der Waals surface area contributed by atoms with Crippen LogP contribution in [-0.2, 0) is 11.2 Å². The summed E-state index contributed by atoms with van der Waals surface area (Å²) in [5, 5.41) is 6.51. The summed E-state index contributed by atoms with van der Waals surface area (Å²) in [6.45, 7) is 6.32. The zero-order valence-electron chi connectivity index (χ0n) is 12.1. The van der Waals surface area contributed by atoms with Crippen LogP contribution in [0.15, 0.2) is 24.3 Å². The van der Waals surface area contributed by atoms with Gasteiger partial charge in [-0.1, -0.05) is 31.5 Å². The number of para-hydroxylation sites is 1. The van der Waals surface area contributed by atoms with Crippen LogP contribution in [0.1, 0.15) is 45.6 Å². The molecule has 1 aliphatic rings. The number of benzene rings is 1. The summed E-state index contributed by atoms with van der Waals surface area (Å²) in [5.74, 6) is 0.118. The summed E-state index contributed by atoms with van der Waals surface area (Å²) in [6.07, 6.45) is 3.91. The van der Waals surface area contributed by atoms with Gasteiger partial charge in [0.2, 0.25) is 5.91 Å². The standard InChI is InChI=1S/C16H24N2O/c1-4-11-16(2,3)18-15(19)14-10-9-12-7-5-6-8-13(12)17-14/h5-8,14,17H,4,9-11H2,1-3H3,(H,18,19). The molecule has 3 heteroatoms. The molecule has 3 nitrogen and oxygen atoms in total. The van der Waals surface area contributed by atoms with E-state index in [0.29, 0.717) is 0 Å². The number of amides is 1. The van der Waals surface area contributed by atoms with Crippen molar-refractivity contribution in [3.63, 3.8) is 0 Å². The second kappa shape index (κ2) is 5.64. The molecule has 0 bridgehead atoms. The molecule has 1 heterocycles. The first-order valence-electron chi connectivity index (χ1n) is 7.18. The molecule has 0 aliphatic carbocycles. The van der Waals surface area contributed by atoms with Gasteiger partial charge in [0.15, 0.2) is 0 Å². The van der Waals surface area contributed by atoms with Crippen molar-refractivity contribution in [2.45, 2.75) is 58.0 Å². The molecule has 1 atom stereocenters. The molecular formula is C16H24N2O. The molecular weight excluding hydrogens is 236 g/mol. The van der Waals surface area contributed by atoms with Crippen LogP contribution in [-0.4, -0.2) is 17.5 Å². The number of carbonyl (C=O) groups is 1. The molecule has 104 valence electrons. The van der Waals surface area contributed by atoms with Crippen molar-refractivity contribution in [3.8, 4) is 0 Å². The molecule has 2 rings (SSSR count). The van der Waals surface area contributed by atoms with Crippen LogP contribution in [0.3, 0.4) is 0 Å². The second-order valence-corrected chi connectivity index (χ2v) is 6.02. The molecule has 0 spiro atoms. The van der Waals surface area contributed by atoms with E-state index >= 15 is 0 Å². The van der Waals surface area contributed by atoms with E-state index in [1.807, 2.05) is 18.2 Å². The molecule has 1 aromatic carbocycles. The molecule has 0 aromatic heterocycles.